The molecule has 1 fully saturated rings. The van der Waals surface area contributed by atoms with Crippen molar-refractivity contribution in [2.24, 2.45) is 0 Å². The van der Waals surface area contributed by atoms with Gasteiger partial charge < -0.3 is 24.6 Å². The summed E-state index contributed by atoms with van der Waals surface area (Å²) in [5, 5.41) is 3.39. The highest BCUT2D eigenvalue weighted by molar-refractivity contribution is 5.52. The minimum Gasteiger partial charge on any atom is -0.488 e. The van der Waals surface area contributed by atoms with Gasteiger partial charge in [-0.25, -0.2) is 9.97 Å². The smallest absolute Gasteiger partial charge is 0.257 e. The first-order chi connectivity index (χ1) is 14.1. The Labute approximate surface area is 172 Å². The summed E-state index contributed by atoms with van der Waals surface area (Å²) in [5.41, 5.74) is 0.809. The van der Waals surface area contributed by atoms with Gasteiger partial charge in [-0.1, -0.05) is 6.08 Å². The van der Waals surface area contributed by atoms with Gasteiger partial charge in [-0.05, 0) is 39.2 Å². The number of aromatic nitrogens is 3. The zero-order valence-corrected chi connectivity index (χ0v) is 17.4. The second-order valence-electron chi connectivity index (χ2n) is 7.18. The third kappa shape index (κ3) is 6.13. The minimum atomic E-state index is 0.339. The summed E-state index contributed by atoms with van der Waals surface area (Å²) in [6, 6.07) is 4.12. The number of anilines is 1. The van der Waals surface area contributed by atoms with Crippen LogP contribution in [0.25, 0.3) is 6.08 Å². The van der Waals surface area contributed by atoms with Gasteiger partial charge in [-0.3, -0.25) is 4.98 Å². The number of pyridine rings is 1. The summed E-state index contributed by atoms with van der Waals surface area (Å²) in [5.74, 6) is 2.07. The zero-order valence-electron chi connectivity index (χ0n) is 17.4. The summed E-state index contributed by atoms with van der Waals surface area (Å²) in [6.07, 6.45) is 9.16. The van der Waals surface area contributed by atoms with Crippen LogP contribution < -0.4 is 19.7 Å². The Morgan fingerprint density at radius 2 is 2.00 bits per heavy atom. The van der Waals surface area contributed by atoms with Crippen LogP contribution in [0.1, 0.15) is 12.6 Å². The van der Waals surface area contributed by atoms with Crippen molar-refractivity contribution < 1.29 is 9.47 Å². The number of ether oxygens (including phenoxy) is 2. The molecular weight excluding hydrogens is 368 g/mol. The average molecular weight is 399 g/mol. The molecule has 2 aromatic rings. The molecule has 3 heterocycles. The van der Waals surface area contributed by atoms with Crippen molar-refractivity contribution in [1.82, 2.24) is 25.2 Å². The maximum absolute atomic E-state index is 5.91. The number of piperazine rings is 1. The van der Waals surface area contributed by atoms with E-state index >= 15 is 0 Å². The predicted molar refractivity (Wildman–Crippen MR) is 115 cm³/mol. The lowest BCUT2D eigenvalue weighted by atomic mass is 10.2. The molecule has 2 aromatic heterocycles. The Bertz CT molecular complexity index is 798. The van der Waals surface area contributed by atoms with E-state index in [0.29, 0.717) is 25.1 Å². The molecule has 0 saturated carbocycles. The van der Waals surface area contributed by atoms with E-state index < -0.39 is 0 Å². The molecule has 1 aliphatic heterocycles. The van der Waals surface area contributed by atoms with E-state index in [1.807, 2.05) is 32.3 Å². The predicted octanol–water partition coefficient (Wildman–Crippen LogP) is 1.70. The molecule has 1 saturated heterocycles. The van der Waals surface area contributed by atoms with Crippen LogP contribution in [0.3, 0.4) is 0 Å². The van der Waals surface area contributed by atoms with Crippen LogP contribution in [0, 0.1) is 0 Å². The molecule has 1 atom stereocenters. The molecule has 8 nitrogen and oxygen atoms in total. The second kappa shape index (κ2) is 10.7. The monoisotopic (exact) mass is 398 g/mol. The van der Waals surface area contributed by atoms with E-state index in [9.17, 15) is 0 Å². The van der Waals surface area contributed by atoms with Crippen LogP contribution in [0.15, 0.2) is 36.8 Å². The van der Waals surface area contributed by atoms with Gasteiger partial charge in [0.1, 0.15) is 24.7 Å². The average Bonchev–Trinajstić information content (AvgIpc) is 2.73. The van der Waals surface area contributed by atoms with Crippen molar-refractivity contribution in [1.29, 1.82) is 0 Å². The van der Waals surface area contributed by atoms with Crippen LogP contribution in [0.5, 0.6) is 11.6 Å². The van der Waals surface area contributed by atoms with E-state index in [0.717, 1.165) is 43.4 Å². The van der Waals surface area contributed by atoms with Crippen LogP contribution in [-0.4, -0.2) is 79.4 Å². The molecule has 0 radical (unpaired) electrons. The van der Waals surface area contributed by atoms with E-state index in [1.165, 1.54) is 0 Å². The van der Waals surface area contributed by atoms with Gasteiger partial charge in [0.05, 0.1) is 0 Å². The van der Waals surface area contributed by atoms with E-state index in [1.54, 1.807) is 18.6 Å². The summed E-state index contributed by atoms with van der Waals surface area (Å²) in [6.45, 7) is 6.51. The van der Waals surface area contributed by atoms with E-state index in [-0.39, 0.29) is 0 Å². The first-order valence-corrected chi connectivity index (χ1v) is 9.95. The first-order valence-electron chi connectivity index (χ1n) is 9.95. The van der Waals surface area contributed by atoms with Gasteiger partial charge in [0.15, 0.2) is 5.82 Å². The third-order valence-corrected chi connectivity index (χ3v) is 4.55. The maximum Gasteiger partial charge on any atom is 0.257 e. The lowest BCUT2D eigenvalue weighted by Crippen LogP contribution is -2.50. The highest BCUT2D eigenvalue weighted by Gasteiger charge is 2.23. The summed E-state index contributed by atoms with van der Waals surface area (Å²) in [4.78, 5) is 17.6. The molecule has 0 aromatic carbocycles. The standard InChI is InChI=1S/C21H30N6O2/c1-17-16-22-11-13-27(17)20-21(25-10-9-24-20)29-15-14-28-19-7-4-8-23-18(19)6-5-12-26(2)3/h4-10,17,22H,11-16H2,1-3H3/t17-/m1/s1. The molecule has 0 bridgehead atoms. The highest BCUT2D eigenvalue weighted by atomic mass is 16.5. The second-order valence-corrected chi connectivity index (χ2v) is 7.18. The summed E-state index contributed by atoms with van der Waals surface area (Å²) >= 11 is 0. The lowest BCUT2D eigenvalue weighted by Gasteiger charge is -2.35. The minimum absolute atomic E-state index is 0.339. The number of nitrogens with zero attached hydrogens (tertiary/aromatic N) is 5. The molecular formula is C21H30N6O2. The topological polar surface area (TPSA) is 75.6 Å². The van der Waals surface area contributed by atoms with Gasteiger partial charge in [0.2, 0.25) is 0 Å². The van der Waals surface area contributed by atoms with Gasteiger partial charge in [0.25, 0.3) is 5.88 Å². The molecule has 29 heavy (non-hydrogen) atoms. The van der Waals surface area contributed by atoms with Crippen molar-refractivity contribution in [3.63, 3.8) is 0 Å². The number of likely N-dealkylation sites (N-methyl/N-ethyl adjacent to an activating group) is 1. The van der Waals surface area contributed by atoms with Gasteiger partial charge in [0, 0.05) is 50.8 Å². The summed E-state index contributed by atoms with van der Waals surface area (Å²) in [7, 11) is 4.05. The van der Waals surface area contributed by atoms with Gasteiger partial charge in [-0.2, -0.15) is 0 Å². The Morgan fingerprint density at radius 3 is 2.83 bits per heavy atom. The molecule has 3 rings (SSSR count). The van der Waals surface area contributed by atoms with Crippen LogP contribution in [-0.2, 0) is 0 Å². The van der Waals surface area contributed by atoms with Gasteiger partial charge in [-0.15, -0.1) is 0 Å². The number of nitrogens with one attached hydrogen (secondary N) is 1. The number of hydrogen-bond donors (Lipinski definition) is 1. The molecule has 1 aliphatic rings. The SMILES string of the molecule is C[C@@H]1CNCCN1c1nccnc1OCCOc1cccnc1C=CCN(C)C. The Morgan fingerprint density at radius 1 is 1.17 bits per heavy atom. The molecule has 0 unspecified atom stereocenters. The Hall–Kier alpha value is -2.71. The normalized spacial score (nSPS) is 17.1. The maximum atomic E-state index is 5.91. The highest BCUT2D eigenvalue weighted by Crippen LogP contribution is 2.25. The number of rotatable bonds is 9. The Balaban J connectivity index is 1.56. The van der Waals surface area contributed by atoms with Crippen LogP contribution in [0.2, 0.25) is 0 Å². The van der Waals surface area contributed by atoms with Crippen molar-refractivity contribution in [3.05, 3.63) is 42.5 Å². The lowest BCUT2D eigenvalue weighted by molar-refractivity contribution is 0.210. The van der Waals surface area contributed by atoms with Crippen molar-refractivity contribution in [3.8, 4) is 11.6 Å². The van der Waals surface area contributed by atoms with Crippen LogP contribution >= 0.6 is 0 Å². The first kappa shape index (κ1) is 21.0. The van der Waals surface area contributed by atoms with Crippen LogP contribution in [0.4, 0.5) is 5.82 Å². The molecule has 8 heteroatoms. The molecule has 1 N–H and O–H groups in total. The fourth-order valence-corrected chi connectivity index (χ4v) is 3.09. The van der Waals surface area contributed by atoms with Gasteiger partial charge >= 0.3 is 0 Å². The fraction of sp³-hybridized carbons (Fsp3) is 0.476. The zero-order chi connectivity index (χ0) is 20.5. The van der Waals surface area contributed by atoms with Crippen molar-refractivity contribution in [2.75, 3.05) is 58.4 Å². The molecule has 156 valence electrons. The Kier molecular flexibility index (Phi) is 7.77. The fourth-order valence-electron chi connectivity index (χ4n) is 3.09. The quantitative estimate of drug-likeness (QED) is 0.640. The molecule has 0 aliphatic carbocycles. The van der Waals surface area contributed by atoms with E-state index in [2.05, 4.69) is 43.1 Å². The largest absolute Gasteiger partial charge is 0.488 e. The van der Waals surface area contributed by atoms with E-state index in [4.69, 9.17) is 9.47 Å². The molecule has 0 amide bonds. The molecule has 0 spiro atoms. The summed E-state index contributed by atoms with van der Waals surface area (Å²) < 4.78 is 11.8. The third-order valence-electron chi connectivity index (χ3n) is 4.55. The number of hydrogen-bond acceptors (Lipinski definition) is 8. The van der Waals surface area contributed by atoms with Crippen molar-refractivity contribution >= 4 is 11.9 Å². The van der Waals surface area contributed by atoms with Crippen molar-refractivity contribution in [2.45, 2.75) is 13.0 Å².